The fraction of sp³-hybridized carbons (Fsp3) is 0.182. The Kier molecular flexibility index (Phi) is 6.19. The van der Waals surface area contributed by atoms with Crippen molar-refractivity contribution in [1.82, 2.24) is 15.0 Å². The lowest BCUT2D eigenvalue weighted by Crippen LogP contribution is -2.17. The molecule has 148 valence electrons. The maximum Gasteiger partial charge on any atom is 0.338 e. The molecule has 0 radical (unpaired) electrons. The molecule has 0 bridgehead atoms. The number of hydrazone groups is 1. The first-order chi connectivity index (χ1) is 14.0. The number of nitrogens with zero attached hydrogens (tertiary/aromatic N) is 3. The van der Waals surface area contributed by atoms with Gasteiger partial charge in [0.05, 0.1) is 18.4 Å². The highest BCUT2D eigenvalue weighted by Crippen LogP contribution is 2.21. The minimum atomic E-state index is -0.350. The van der Waals surface area contributed by atoms with Crippen molar-refractivity contribution >= 4 is 18.1 Å². The molecule has 1 amide bonds. The van der Waals surface area contributed by atoms with Crippen LogP contribution in [0.2, 0.25) is 0 Å². The number of rotatable bonds is 6. The number of hydrogen-bond acceptors (Lipinski definition) is 5. The molecule has 0 aliphatic heterocycles. The number of esters is 1. The zero-order valence-corrected chi connectivity index (χ0v) is 16.5. The predicted octanol–water partition coefficient (Wildman–Crippen LogP) is 3.43. The zero-order chi connectivity index (χ0) is 20.8. The van der Waals surface area contributed by atoms with Crippen molar-refractivity contribution < 1.29 is 14.3 Å². The molecule has 7 nitrogen and oxygen atoms in total. The van der Waals surface area contributed by atoms with E-state index in [1.165, 1.54) is 0 Å². The third kappa shape index (κ3) is 4.57. The smallest absolute Gasteiger partial charge is 0.338 e. The molecule has 0 atom stereocenters. The Morgan fingerprint density at radius 1 is 1.14 bits per heavy atom. The lowest BCUT2D eigenvalue weighted by atomic mass is 10.2. The number of benzene rings is 1. The summed E-state index contributed by atoms with van der Waals surface area (Å²) in [5, 5.41) is 4.06. The molecule has 1 N–H and O–H groups in total. The number of aromatic nitrogens is 2. The second kappa shape index (κ2) is 8.97. The van der Waals surface area contributed by atoms with E-state index < -0.39 is 0 Å². The first-order valence-corrected chi connectivity index (χ1v) is 9.21. The van der Waals surface area contributed by atoms with Gasteiger partial charge in [0, 0.05) is 40.6 Å². The van der Waals surface area contributed by atoms with Crippen LogP contribution in [0.5, 0.6) is 0 Å². The van der Waals surface area contributed by atoms with Crippen molar-refractivity contribution in [2.45, 2.75) is 20.8 Å². The number of hydrogen-bond donors (Lipinski definition) is 1. The van der Waals surface area contributed by atoms with Crippen molar-refractivity contribution in [2.75, 3.05) is 6.61 Å². The number of ether oxygens (including phenoxy) is 1. The second-order valence-electron chi connectivity index (χ2n) is 6.37. The average molecular weight is 390 g/mol. The van der Waals surface area contributed by atoms with E-state index in [2.05, 4.69) is 15.5 Å². The van der Waals surface area contributed by atoms with Crippen molar-refractivity contribution in [2.24, 2.45) is 5.10 Å². The second-order valence-corrected chi connectivity index (χ2v) is 6.37. The van der Waals surface area contributed by atoms with Crippen LogP contribution < -0.4 is 5.43 Å². The van der Waals surface area contributed by atoms with E-state index in [9.17, 15) is 9.59 Å². The molecule has 1 aromatic carbocycles. The average Bonchev–Trinajstić information content (AvgIpc) is 3.02. The van der Waals surface area contributed by atoms with Gasteiger partial charge in [-0.05, 0) is 57.2 Å². The van der Waals surface area contributed by atoms with E-state index >= 15 is 0 Å². The molecule has 3 aromatic rings. The SMILES string of the molecule is CCOC(=O)c1cccc(-n2c(C)cc(/C=N\NC(=O)c3ccncc3)c2C)c1. The lowest BCUT2D eigenvalue weighted by Gasteiger charge is -2.11. The van der Waals surface area contributed by atoms with Crippen LogP contribution in [-0.2, 0) is 4.74 Å². The minimum absolute atomic E-state index is 0.306. The highest BCUT2D eigenvalue weighted by molar-refractivity contribution is 5.95. The Labute approximate surface area is 169 Å². The van der Waals surface area contributed by atoms with Crippen LogP contribution in [0.1, 0.15) is 44.6 Å². The molecule has 0 aliphatic rings. The van der Waals surface area contributed by atoms with Crippen molar-refractivity contribution in [3.8, 4) is 5.69 Å². The molecule has 0 unspecified atom stereocenters. The summed E-state index contributed by atoms with van der Waals surface area (Å²) in [5.41, 5.74) is 7.12. The standard InChI is InChI=1S/C22H22N4O3/c1-4-29-22(28)18-6-5-7-20(13-18)26-15(2)12-19(16(26)3)14-24-25-21(27)17-8-10-23-11-9-17/h5-14H,4H2,1-3H3,(H,25,27)/b24-14-. The molecule has 0 saturated carbocycles. The molecule has 0 spiro atoms. The van der Waals surface area contributed by atoms with Crippen molar-refractivity contribution in [3.63, 3.8) is 0 Å². The Bertz CT molecular complexity index is 1060. The number of carbonyl (C=O) groups excluding carboxylic acids is 2. The van der Waals surface area contributed by atoms with E-state index in [1.807, 2.05) is 36.6 Å². The van der Waals surface area contributed by atoms with Crippen molar-refractivity contribution in [3.05, 3.63) is 82.9 Å². The monoisotopic (exact) mass is 390 g/mol. The summed E-state index contributed by atoms with van der Waals surface area (Å²) in [7, 11) is 0. The largest absolute Gasteiger partial charge is 0.462 e. The molecule has 7 heteroatoms. The van der Waals surface area contributed by atoms with E-state index in [4.69, 9.17) is 4.74 Å². The van der Waals surface area contributed by atoms with Crippen LogP contribution >= 0.6 is 0 Å². The molecule has 29 heavy (non-hydrogen) atoms. The maximum atomic E-state index is 12.1. The van der Waals surface area contributed by atoms with Gasteiger partial charge in [0.2, 0.25) is 0 Å². The van der Waals surface area contributed by atoms with Gasteiger partial charge in [-0.25, -0.2) is 10.2 Å². The summed E-state index contributed by atoms with van der Waals surface area (Å²) in [5.74, 6) is -0.656. The Morgan fingerprint density at radius 2 is 1.90 bits per heavy atom. The summed E-state index contributed by atoms with van der Waals surface area (Å²) in [6, 6.07) is 12.5. The minimum Gasteiger partial charge on any atom is -0.462 e. The number of amides is 1. The van der Waals surface area contributed by atoms with Gasteiger partial charge in [0.25, 0.3) is 5.91 Å². The maximum absolute atomic E-state index is 12.1. The Hall–Kier alpha value is -3.74. The molecule has 0 aliphatic carbocycles. The van der Waals surface area contributed by atoms with Crippen LogP contribution in [-0.4, -0.2) is 34.2 Å². The van der Waals surface area contributed by atoms with E-state index in [1.54, 1.807) is 49.8 Å². The van der Waals surface area contributed by atoms with Crippen LogP contribution in [0.15, 0.2) is 60.0 Å². The summed E-state index contributed by atoms with van der Waals surface area (Å²) in [6.45, 7) is 6.03. The Balaban J connectivity index is 1.81. The van der Waals surface area contributed by atoms with Crippen LogP contribution in [0.4, 0.5) is 0 Å². The molecule has 2 aromatic heterocycles. The molecular formula is C22H22N4O3. The highest BCUT2D eigenvalue weighted by Gasteiger charge is 2.12. The quantitative estimate of drug-likeness (QED) is 0.397. The van der Waals surface area contributed by atoms with Gasteiger partial charge >= 0.3 is 5.97 Å². The highest BCUT2D eigenvalue weighted by atomic mass is 16.5. The first-order valence-electron chi connectivity index (χ1n) is 9.21. The van der Waals surface area contributed by atoms with E-state index in [-0.39, 0.29) is 11.9 Å². The predicted molar refractivity (Wildman–Crippen MR) is 110 cm³/mol. The molecule has 3 rings (SSSR count). The first kappa shape index (κ1) is 20.0. The van der Waals surface area contributed by atoms with Crippen molar-refractivity contribution in [1.29, 1.82) is 0 Å². The number of aryl methyl sites for hydroxylation is 1. The van der Waals surface area contributed by atoms with Gasteiger partial charge in [0.15, 0.2) is 0 Å². The fourth-order valence-corrected chi connectivity index (χ4v) is 3.03. The lowest BCUT2D eigenvalue weighted by molar-refractivity contribution is 0.0526. The van der Waals surface area contributed by atoms with Gasteiger partial charge in [-0.15, -0.1) is 0 Å². The normalized spacial score (nSPS) is 10.9. The van der Waals surface area contributed by atoms with E-state index in [0.29, 0.717) is 17.7 Å². The molecule has 2 heterocycles. The summed E-state index contributed by atoms with van der Waals surface area (Å²) >= 11 is 0. The summed E-state index contributed by atoms with van der Waals surface area (Å²) < 4.78 is 7.11. The van der Waals surface area contributed by atoms with Crippen LogP contribution in [0.3, 0.4) is 0 Å². The third-order valence-corrected chi connectivity index (χ3v) is 4.40. The van der Waals surface area contributed by atoms with Crippen LogP contribution in [0.25, 0.3) is 5.69 Å². The molecular weight excluding hydrogens is 368 g/mol. The van der Waals surface area contributed by atoms with Gasteiger partial charge in [-0.1, -0.05) is 6.07 Å². The van der Waals surface area contributed by atoms with Gasteiger partial charge in [0.1, 0.15) is 0 Å². The number of carbonyl (C=O) groups is 2. The topological polar surface area (TPSA) is 85.6 Å². The third-order valence-electron chi connectivity index (χ3n) is 4.40. The van der Waals surface area contributed by atoms with E-state index in [0.717, 1.165) is 22.6 Å². The number of nitrogens with one attached hydrogen (secondary N) is 1. The Morgan fingerprint density at radius 3 is 2.62 bits per heavy atom. The fourth-order valence-electron chi connectivity index (χ4n) is 3.03. The van der Waals surface area contributed by atoms with Gasteiger partial charge in [-0.2, -0.15) is 5.10 Å². The molecule has 0 fully saturated rings. The van der Waals surface area contributed by atoms with Gasteiger partial charge in [-0.3, -0.25) is 9.78 Å². The molecule has 0 saturated heterocycles. The summed E-state index contributed by atoms with van der Waals surface area (Å²) in [4.78, 5) is 28.0. The number of pyridine rings is 1. The zero-order valence-electron chi connectivity index (χ0n) is 16.5. The summed E-state index contributed by atoms with van der Waals surface area (Å²) in [6.07, 6.45) is 4.71. The van der Waals surface area contributed by atoms with Crippen LogP contribution in [0, 0.1) is 13.8 Å². The van der Waals surface area contributed by atoms with Gasteiger partial charge < -0.3 is 9.30 Å².